The summed E-state index contributed by atoms with van der Waals surface area (Å²) in [6.45, 7) is 0. The molecule has 5 rings (SSSR count). The van der Waals surface area contributed by atoms with Gasteiger partial charge in [0.1, 0.15) is 16.0 Å². The van der Waals surface area contributed by atoms with Gasteiger partial charge in [-0.1, -0.05) is 23.7 Å². The number of rotatable bonds is 3. The maximum atomic E-state index is 12.8. The maximum Gasteiger partial charge on any atom is 0.257 e. The molecular weight excluding hydrogens is 392 g/mol. The normalized spacial score (nSPS) is 13.5. The van der Waals surface area contributed by atoms with Gasteiger partial charge in [-0.3, -0.25) is 4.79 Å². The summed E-state index contributed by atoms with van der Waals surface area (Å²) >= 11 is 7.49. The number of anilines is 1. The number of benzene rings is 1. The molecule has 4 aromatic rings. The van der Waals surface area contributed by atoms with Gasteiger partial charge in [-0.25, -0.2) is 9.97 Å². The first-order chi connectivity index (χ1) is 13.7. The second kappa shape index (κ2) is 7.04. The van der Waals surface area contributed by atoms with Crippen LogP contribution in [0.4, 0.5) is 5.00 Å². The van der Waals surface area contributed by atoms with Gasteiger partial charge in [-0.2, -0.15) is 0 Å². The summed E-state index contributed by atoms with van der Waals surface area (Å²) in [6.07, 6.45) is 5.89. The van der Waals surface area contributed by atoms with E-state index in [0.29, 0.717) is 10.7 Å². The number of H-pyrrole nitrogens is 1. The van der Waals surface area contributed by atoms with E-state index >= 15 is 0 Å². The lowest BCUT2D eigenvalue weighted by Gasteiger charge is -2.12. The Balaban J connectivity index is 1.58. The highest BCUT2D eigenvalue weighted by Crippen LogP contribution is 2.43. The van der Waals surface area contributed by atoms with E-state index in [1.165, 1.54) is 23.1 Å². The van der Waals surface area contributed by atoms with Crippen molar-refractivity contribution in [1.82, 2.24) is 15.0 Å². The van der Waals surface area contributed by atoms with Crippen LogP contribution in [-0.2, 0) is 12.8 Å². The molecule has 0 unspecified atom stereocenters. The molecule has 2 N–H and O–H groups in total. The van der Waals surface area contributed by atoms with E-state index in [1.54, 1.807) is 23.5 Å². The summed E-state index contributed by atoms with van der Waals surface area (Å²) in [7, 11) is 0. The molecule has 0 saturated carbocycles. The van der Waals surface area contributed by atoms with E-state index in [-0.39, 0.29) is 5.91 Å². The molecule has 1 amide bonds. The van der Waals surface area contributed by atoms with Crippen LogP contribution in [0, 0.1) is 0 Å². The number of nitrogens with zero attached hydrogens (tertiary/aromatic N) is 2. The van der Waals surface area contributed by atoms with Crippen molar-refractivity contribution in [2.45, 2.75) is 25.7 Å². The fraction of sp³-hybridized carbons (Fsp3) is 0.190. The highest BCUT2D eigenvalue weighted by Gasteiger charge is 2.25. The van der Waals surface area contributed by atoms with Crippen LogP contribution in [0.15, 0.2) is 42.6 Å². The molecule has 0 bridgehead atoms. The van der Waals surface area contributed by atoms with Crippen LogP contribution in [0.1, 0.15) is 33.6 Å². The number of amides is 1. The number of pyridine rings is 1. The van der Waals surface area contributed by atoms with Crippen LogP contribution in [0.25, 0.3) is 22.4 Å². The van der Waals surface area contributed by atoms with Gasteiger partial charge in [0, 0.05) is 11.1 Å². The van der Waals surface area contributed by atoms with Gasteiger partial charge < -0.3 is 10.3 Å². The molecule has 0 saturated heterocycles. The zero-order valence-electron chi connectivity index (χ0n) is 15.0. The molecule has 0 atom stereocenters. The molecule has 0 aliphatic heterocycles. The topological polar surface area (TPSA) is 70.7 Å². The molecule has 0 fully saturated rings. The molecule has 3 heterocycles. The fourth-order valence-electron chi connectivity index (χ4n) is 3.66. The van der Waals surface area contributed by atoms with Crippen LogP contribution >= 0.6 is 22.9 Å². The van der Waals surface area contributed by atoms with Crippen molar-refractivity contribution >= 4 is 44.9 Å². The maximum absolute atomic E-state index is 12.8. The number of nitrogens with one attached hydrogen (secondary N) is 2. The van der Waals surface area contributed by atoms with Gasteiger partial charge in [0.25, 0.3) is 5.91 Å². The van der Waals surface area contributed by atoms with E-state index in [9.17, 15) is 4.79 Å². The average Bonchev–Trinajstić information content (AvgIpc) is 3.28. The van der Waals surface area contributed by atoms with Gasteiger partial charge in [-0.15, -0.1) is 11.3 Å². The number of carbonyl (C=O) groups is 1. The van der Waals surface area contributed by atoms with Crippen LogP contribution in [-0.4, -0.2) is 20.9 Å². The Morgan fingerprint density at radius 3 is 2.82 bits per heavy atom. The standard InChI is InChI=1S/C21H17ClN4OS/c22-17-10-9-12(11-23-17)20(27)26-21-18(13-5-1-4-8-16(13)28-21)19-24-14-6-2-3-7-15(14)25-19/h2-3,6-7,9-11H,1,4-5,8H2,(H,24,25)(H,26,27). The van der Waals surface area contributed by atoms with E-state index in [2.05, 4.69) is 15.3 Å². The summed E-state index contributed by atoms with van der Waals surface area (Å²) in [4.78, 5) is 26.3. The largest absolute Gasteiger partial charge is 0.338 e. The van der Waals surface area contributed by atoms with Crippen molar-refractivity contribution in [2.24, 2.45) is 0 Å². The Kier molecular flexibility index (Phi) is 4.37. The number of hydrogen-bond donors (Lipinski definition) is 2. The van der Waals surface area contributed by atoms with Gasteiger partial charge in [-0.05, 0) is 55.5 Å². The molecule has 1 aromatic carbocycles. The molecular formula is C21H17ClN4OS. The van der Waals surface area contributed by atoms with E-state index in [1.807, 2.05) is 24.3 Å². The Bertz CT molecular complexity index is 1150. The number of para-hydroxylation sites is 2. The first-order valence-corrected chi connectivity index (χ1v) is 10.4. The molecule has 7 heteroatoms. The number of carbonyl (C=O) groups excluding carboxylic acids is 1. The predicted molar refractivity (Wildman–Crippen MR) is 113 cm³/mol. The highest BCUT2D eigenvalue weighted by atomic mass is 35.5. The molecule has 1 aliphatic carbocycles. The first kappa shape index (κ1) is 17.4. The lowest BCUT2D eigenvalue weighted by atomic mass is 9.95. The van der Waals surface area contributed by atoms with Crippen molar-refractivity contribution in [2.75, 3.05) is 5.32 Å². The average molecular weight is 409 g/mol. The van der Waals surface area contributed by atoms with Crippen molar-refractivity contribution in [3.63, 3.8) is 0 Å². The fourth-order valence-corrected chi connectivity index (χ4v) is 5.06. The third-order valence-electron chi connectivity index (χ3n) is 5.01. The number of thiophene rings is 1. The summed E-state index contributed by atoms with van der Waals surface area (Å²) < 4.78 is 0. The number of aromatic amines is 1. The number of halogens is 1. The van der Waals surface area contributed by atoms with Crippen LogP contribution in [0.3, 0.4) is 0 Å². The van der Waals surface area contributed by atoms with Crippen molar-refractivity contribution < 1.29 is 4.79 Å². The van der Waals surface area contributed by atoms with Crippen molar-refractivity contribution in [3.05, 3.63) is 63.8 Å². The molecule has 3 aromatic heterocycles. The molecule has 28 heavy (non-hydrogen) atoms. The zero-order valence-corrected chi connectivity index (χ0v) is 16.5. The number of aryl methyl sites for hydroxylation is 1. The minimum Gasteiger partial charge on any atom is -0.338 e. The SMILES string of the molecule is O=C(Nc1sc2c(c1-c1nc3ccccc3[nH]1)CCCC2)c1ccc(Cl)nc1. The summed E-state index contributed by atoms with van der Waals surface area (Å²) in [6, 6.07) is 11.3. The molecule has 0 spiro atoms. The number of aromatic nitrogens is 3. The first-order valence-electron chi connectivity index (χ1n) is 9.21. The second-order valence-electron chi connectivity index (χ2n) is 6.84. The Morgan fingerprint density at radius 1 is 1.14 bits per heavy atom. The lowest BCUT2D eigenvalue weighted by Crippen LogP contribution is -2.12. The van der Waals surface area contributed by atoms with Crippen molar-refractivity contribution in [1.29, 1.82) is 0 Å². The minimum atomic E-state index is -0.194. The van der Waals surface area contributed by atoms with E-state index in [4.69, 9.17) is 16.6 Å². The molecule has 1 aliphatic rings. The smallest absolute Gasteiger partial charge is 0.257 e. The van der Waals surface area contributed by atoms with Crippen LogP contribution < -0.4 is 5.32 Å². The second-order valence-corrected chi connectivity index (χ2v) is 8.33. The third-order valence-corrected chi connectivity index (χ3v) is 6.44. The Labute approximate surface area is 170 Å². The Morgan fingerprint density at radius 2 is 2.00 bits per heavy atom. The van der Waals surface area contributed by atoms with Crippen LogP contribution in [0.2, 0.25) is 5.15 Å². The van der Waals surface area contributed by atoms with Gasteiger partial charge >= 0.3 is 0 Å². The molecule has 140 valence electrons. The van der Waals surface area contributed by atoms with Crippen LogP contribution in [0.5, 0.6) is 0 Å². The van der Waals surface area contributed by atoms with E-state index in [0.717, 1.165) is 46.7 Å². The monoisotopic (exact) mass is 408 g/mol. The summed E-state index contributed by atoms with van der Waals surface area (Å²) in [5.74, 6) is 0.616. The molecule has 5 nitrogen and oxygen atoms in total. The van der Waals surface area contributed by atoms with Gasteiger partial charge in [0.15, 0.2) is 0 Å². The lowest BCUT2D eigenvalue weighted by molar-refractivity contribution is 0.102. The van der Waals surface area contributed by atoms with E-state index < -0.39 is 0 Å². The van der Waals surface area contributed by atoms with Crippen molar-refractivity contribution in [3.8, 4) is 11.4 Å². The quantitative estimate of drug-likeness (QED) is 0.441. The highest BCUT2D eigenvalue weighted by molar-refractivity contribution is 7.17. The Hall–Kier alpha value is -2.70. The summed E-state index contributed by atoms with van der Waals surface area (Å²) in [5, 5.41) is 4.29. The summed E-state index contributed by atoms with van der Waals surface area (Å²) in [5.41, 5.74) is 4.72. The van der Waals surface area contributed by atoms with Gasteiger partial charge in [0.05, 0.1) is 22.2 Å². The van der Waals surface area contributed by atoms with Gasteiger partial charge in [0.2, 0.25) is 0 Å². The number of imidazole rings is 1. The third kappa shape index (κ3) is 3.08. The molecule has 0 radical (unpaired) electrons. The zero-order chi connectivity index (χ0) is 19.1. The number of fused-ring (bicyclic) bond motifs is 2. The predicted octanol–water partition coefficient (Wildman–Crippen LogP) is 5.47. The number of hydrogen-bond acceptors (Lipinski definition) is 4. The minimum absolute atomic E-state index is 0.194.